The molecule has 0 saturated heterocycles. The molecule has 16 heavy (non-hydrogen) atoms. The summed E-state index contributed by atoms with van der Waals surface area (Å²) < 4.78 is 4.58. The molecule has 0 saturated carbocycles. The van der Waals surface area contributed by atoms with Gasteiger partial charge in [-0.05, 0) is 24.1 Å². The van der Waals surface area contributed by atoms with Crippen LogP contribution < -0.4 is 11.1 Å². The van der Waals surface area contributed by atoms with Gasteiger partial charge in [-0.25, -0.2) is 9.59 Å². The fraction of sp³-hybridized carbons (Fsp3) is 0.273. The highest BCUT2D eigenvalue weighted by Gasteiger charge is 2.03. The quantitative estimate of drug-likeness (QED) is 0.735. The van der Waals surface area contributed by atoms with Crippen LogP contribution >= 0.6 is 0 Å². The number of nitrogens with two attached hydrogens (primary N) is 1. The number of methoxy groups -OCH3 is 1. The predicted octanol–water partition coefficient (Wildman–Crippen LogP) is 0.684. The fourth-order valence-electron chi connectivity index (χ4n) is 1.26. The summed E-state index contributed by atoms with van der Waals surface area (Å²) in [4.78, 5) is 21.6. The van der Waals surface area contributed by atoms with Crippen LogP contribution in [0.5, 0.6) is 0 Å². The monoisotopic (exact) mass is 222 g/mol. The van der Waals surface area contributed by atoms with Crippen molar-refractivity contribution in [2.75, 3.05) is 13.7 Å². The molecular formula is C11H14N2O3. The van der Waals surface area contributed by atoms with Gasteiger partial charge in [0.25, 0.3) is 0 Å². The molecule has 0 aliphatic rings. The van der Waals surface area contributed by atoms with Gasteiger partial charge in [0.05, 0.1) is 12.7 Å². The molecule has 0 aliphatic heterocycles. The topological polar surface area (TPSA) is 81.4 Å². The lowest BCUT2D eigenvalue weighted by Gasteiger charge is -2.03. The van der Waals surface area contributed by atoms with Crippen molar-refractivity contribution >= 4 is 12.0 Å². The van der Waals surface area contributed by atoms with Crippen molar-refractivity contribution in [2.45, 2.75) is 6.42 Å². The molecule has 1 aromatic rings. The number of carbonyl (C=O) groups excluding carboxylic acids is 2. The average molecular weight is 222 g/mol. The van der Waals surface area contributed by atoms with E-state index < -0.39 is 6.03 Å². The van der Waals surface area contributed by atoms with Gasteiger partial charge in [-0.1, -0.05) is 12.1 Å². The van der Waals surface area contributed by atoms with Gasteiger partial charge < -0.3 is 15.8 Å². The molecule has 0 heterocycles. The van der Waals surface area contributed by atoms with E-state index in [1.807, 2.05) is 12.1 Å². The number of ether oxygens (including phenoxy) is 1. The minimum absolute atomic E-state index is 0.359. The van der Waals surface area contributed by atoms with Crippen molar-refractivity contribution in [2.24, 2.45) is 5.73 Å². The van der Waals surface area contributed by atoms with Gasteiger partial charge in [0, 0.05) is 6.54 Å². The molecule has 0 aromatic heterocycles. The summed E-state index contributed by atoms with van der Waals surface area (Å²) in [5.41, 5.74) is 6.45. The average Bonchev–Trinajstić information content (AvgIpc) is 2.28. The van der Waals surface area contributed by atoms with Crippen molar-refractivity contribution in [1.29, 1.82) is 0 Å². The maximum Gasteiger partial charge on any atom is 0.337 e. The molecule has 0 fully saturated rings. The van der Waals surface area contributed by atoms with Gasteiger partial charge in [-0.3, -0.25) is 0 Å². The minimum atomic E-state index is -0.536. The Kier molecular flexibility index (Phi) is 4.32. The summed E-state index contributed by atoms with van der Waals surface area (Å²) in [5.74, 6) is -0.359. The minimum Gasteiger partial charge on any atom is -0.465 e. The zero-order valence-corrected chi connectivity index (χ0v) is 9.03. The Morgan fingerprint density at radius 1 is 1.31 bits per heavy atom. The lowest BCUT2D eigenvalue weighted by molar-refractivity contribution is 0.0600. The number of amides is 2. The third kappa shape index (κ3) is 3.61. The van der Waals surface area contributed by atoms with Crippen LogP contribution in [0, 0.1) is 0 Å². The number of rotatable bonds is 4. The van der Waals surface area contributed by atoms with Gasteiger partial charge in [0.15, 0.2) is 0 Å². The van der Waals surface area contributed by atoms with E-state index in [1.165, 1.54) is 7.11 Å². The fourth-order valence-corrected chi connectivity index (χ4v) is 1.26. The molecule has 2 amide bonds. The van der Waals surface area contributed by atoms with Crippen molar-refractivity contribution in [3.63, 3.8) is 0 Å². The molecule has 1 aromatic carbocycles. The van der Waals surface area contributed by atoms with Crippen LogP contribution in [-0.4, -0.2) is 25.7 Å². The second-order valence-electron chi connectivity index (χ2n) is 3.23. The molecule has 86 valence electrons. The first kappa shape index (κ1) is 12.0. The summed E-state index contributed by atoms with van der Waals surface area (Å²) in [6.07, 6.45) is 0.671. The van der Waals surface area contributed by atoms with E-state index in [2.05, 4.69) is 10.1 Å². The third-order valence-electron chi connectivity index (χ3n) is 2.09. The van der Waals surface area contributed by atoms with Crippen LogP contribution in [0.15, 0.2) is 24.3 Å². The Morgan fingerprint density at radius 3 is 2.44 bits per heavy atom. The van der Waals surface area contributed by atoms with Crippen LogP contribution in [0.25, 0.3) is 0 Å². The van der Waals surface area contributed by atoms with E-state index in [9.17, 15) is 9.59 Å². The second kappa shape index (κ2) is 5.75. The van der Waals surface area contributed by atoms with Crippen molar-refractivity contribution in [1.82, 2.24) is 5.32 Å². The predicted molar refractivity (Wildman–Crippen MR) is 59.1 cm³/mol. The molecule has 5 heteroatoms. The number of benzene rings is 1. The van der Waals surface area contributed by atoms with Gasteiger partial charge in [0.2, 0.25) is 0 Å². The lowest BCUT2D eigenvalue weighted by Crippen LogP contribution is -2.30. The van der Waals surface area contributed by atoms with E-state index in [1.54, 1.807) is 12.1 Å². The Balaban J connectivity index is 2.51. The Morgan fingerprint density at radius 2 is 1.94 bits per heavy atom. The zero-order valence-electron chi connectivity index (χ0n) is 9.03. The van der Waals surface area contributed by atoms with E-state index in [0.29, 0.717) is 18.5 Å². The molecule has 0 radical (unpaired) electrons. The molecular weight excluding hydrogens is 208 g/mol. The molecule has 3 N–H and O–H groups in total. The molecule has 0 atom stereocenters. The molecule has 0 bridgehead atoms. The van der Waals surface area contributed by atoms with Crippen LogP contribution in [-0.2, 0) is 11.2 Å². The highest BCUT2D eigenvalue weighted by molar-refractivity contribution is 5.89. The molecule has 0 aliphatic carbocycles. The molecule has 1 rings (SSSR count). The number of hydrogen-bond acceptors (Lipinski definition) is 3. The van der Waals surface area contributed by atoms with E-state index in [0.717, 1.165) is 5.56 Å². The summed E-state index contributed by atoms with van der Waals surface area (Å²) in [7, 11) is 1.34. The van der Waals surface area contributed by atoms with Crippen molar-refractivity contribution in [3.05, 3.63) is 35.4 Å². The van der Waals surface area contributed by atoms with Gasteiger partial charge >= 0.3 is 12.0 Å². The van der Waals surface area contributed by atoms with Crippen LogP contribution in [0.3, 0.4) is 0 Å². The number of hydrogen-bond donors (Lipinski definition) is 2. The van der Waals surface area contributed by atoms with Crippen LogP contribution in [0.4, 0.5) is 4.79 Å². The van der Waals surface area contributed by atoms with E-state index >= 15 is 0 Å². The SMILES string of the molecule is COC(=O)c1ccc(CCNC(N)=O)cc1. The summed E-state index contributed by atoms with van der Waals surface area (Å²) >= 11 is 0. The summed E-state index contributed by atoms with van der Waals surface area (Å²) in [5, 5.41) is 2.49. The van der Waals surface area contributed by atoms with E-state index in [4.69, 9.17) is 5.73 Å². The first-order chi connectivity index (χ1) is 7.63. The number of urea groups is 1. The Bertz CT molecular complexity index is 373. The molecule has 0 unspecified atom stereocenters. The second-order valence-corrected chi connectivity index (χ2v) is 3.23. The first-order valence-corrected chi connectivity index (χ1v) is 4.84. The van der Waals surface area contributed by atoms with Crippen LogP contribution in [0.2, 0.25) is 0 Å². The highest BCUT2D eigenvalue weighted by atomic mass is 16.5. The summed E-state index contributed by atoms with van der Waals surface area (Å²) in [6.45, 7) is 0.479. The highest BCUT2D eigenvalue weighted by Crippen LogP contribution is 2.05. The van der Waals surface area contributed by atoms with Crippen molar-refractivity contribution < 1.29 is 14.3 Å². The maximum absolute atomic E-state index is 11.1. The van der Waals surface area contributed by atoms with E-state index in [-0.39, 0.29) is 5.97 Å². The largest absolute Gasteiger partial charge is 0.465 e. The zero-order chi connectivity index (χ0) is 12.0. The van der Waals surface area contributed by atoms with Gasteiger partial charge in [-0.2, -0.15) is 0 Å². The Hall–Kier alpha value is -2.04. The lowest BCUT2D eigenvalue weighted by atomic mass is 10.1. The van der Waals surface area contributed by atoms with Gasteiger partial charge in [-0.15, -0.1) is 0 Å². The smallest absolute Gasteiger partial charge is 0.337 e. The first-order valence-electron chi connectivity index (χ1n) is 4.84. The number of nitrogens with one attached hydrogen (secondary N) is 1. The number of primary amides is 1. The molecule has 5 nitrogen and oxygen atoms in total. The molecule has 0 spiro atoms. The maximum atomic E-state index is 11.1. The number of carbonyl (C=O) groups is 2. The van der Waals surface area contributed by atoms with Crippen molar-refractivity contribution in [3.8, 4) is 0 Å². The van der Waals surface area contributed by atoms with Crippen LogP contribution in [0.1, 0.15) is 15.9 Å². The Labute approximate surface area is 93.6 Å². The third-order valence-corrected chi connectivity index (χ3v) is 2.09. The van der Waals surface area contributed by atoms with Gasteiger partial charge in [0.1, 0.15) is 0 Å². The summed E-state index contributed by atoms with van der Waals surface area (Å²) in [6, 6.07) is 6.46. The number of esters is 1. The normalized spacial score (nSPS) is 9.56. The standard InChI is InChI=1S/C11H14N2O3/c1-16-10(14)9-4-2-8(3-5-9)6-7-13-11(12)15/h2-5H,6-7H2,1H3,(H3,12,13,15).